The molecule has 1 aromatic heterocycles. The Morgan fingerprint density at radius 2 is 1.72 bits per heavy atom. The van der Waals surface area contributed by atoms with Crippen LogP contribution in [0.4, 0.5) is 0 Å². The first-order chi connectivity index (χ1) is 14.0. The fraction of sp³-hybridized carbons (Fsp3) is 0.318. The molecule has 1 saturated heterocycles. The highest BCUT2D eigenvalue weighted by atomic mass is 16.4. The molecule has 2 amide bonds. The second-order valence-electron chi connectivity index (χ2n) is 7.51. The Kier molecular flexibility index (Phi) is 5.20. The monoisotopic (exact) mass is 393 g/mol. The highest BCUT2D eigenvalue weighted by Gasteiger charge is 2.24. The predicted octanol–water partition coefficient (Wildman–Crippen LogP) is 2.17. The summed E-state index contributed by atoms with van der Waals surface area (Å²) in [4.78, 5) is 37.8. The molecule has 2 N–H and O–H groups in total. The van der Waals surface area contributed by atoms with E-state index in [1.54, 1.807) is 30.3 Å². The third-order valence-corrected chi connectivity index (χ3v) is 5.60. The van der Waals surface area contributed by atoms with Gasteiger partial charge in [-0.15, -0.1) is 0 Å². The zero-order chi connectivity index (χ0) is 20.4. The summed E-state index contributed by atoms with van der Waals surface area (Å²) in [5.74, 6) is -0.513. The molecular weight excluding hydrogens is 370 g/mol. The van der Waals surface area contributed by atoms with Crippen LogP contribution in [-0.2, 0) is 17.8 Å². The molecule has 2 aromatic carbocycles. The zero-order valence-corrected chi connectivity index (χ0v) is 16.0. The quantitative estimate of drug-likeness (QED) is 0.718. The number of amides is 2. The SMILES string of the molecule is NC(=O)c1ccc(CC2CCN(C(=O)Cn3c(=O)oc4ccccc43)CC2)cc1. The lowest BCUT2D eigenvalue weighted by Gasteiger charge is -2.32. The summed E-state index contributed by atoms with van der Waals surface area (Å²) in [6, 6.07) is 14.5. The molecule has 0 spiro atoms. The number of hydrogen-bond donors (Lipinski definition) is 1. The number of piperidine rings is 1. The van der Waals surface area contributed by atoms with E-state index in [2.05, 4.69) is 0 Å². The highest BCUT2D eigenvalue weighted by molar-refractivity contribution is 5.92. The molecule has 1 aliphatic rings. The van der Waals surface area contributed by atoms with Crippen molar-refractivity contribution in [2.75, 3.05) is 13.1 Å². The van der Waals surface area contributed by atoms with Crippen LogP contribution in [0.15, 0.2) is 57.7 Å². The summed E-state index contributed by atoms with van der Waals surface area (Å²) in [6.07, 6.45) is 2.72. The number of benzene rings is 2. The minimum atomic E-state index is -0.506. The van der Waals surface area contributed by atoms with E-state index in [4.69, 9.17) is 10.2 Å². The third kappa shape index (κ3) is 4.08. The number of nitrogens with zero attached hydrogens (tertiary/aromatic N) is 2. The molecule has 0 saturated carbocycles. The van der Waals surface area contributed by atoms with Crippen LogP contribution in [0.25, 0.3) is 11.1 Å². The maximum absolute atomic E-state index is 12.7. The standard InChI is InChI=1S/C22H23N3O4/c23-21(27)17-7-5-15(6-8-17)13-16-9-11-24(12-10-16)20(26)14-25-18-3-1-2-4-19(18)29-22(25)28/h1-8,16H,9-14H2,(H2,23,27). The molecule has 0 unspecified atom stereocenters. The summed E-state index contributed by atoms with van der Waals surface area (Å²) in [7, 11) is 0. The third-order valence-electron chi connectivity index (χ3n) is 5.60. The van der Waals surface area contributed by atoms with E-state index >= 15 is 0 Å². The highest BCUT2D eigenvalue weighted by Crippen LogP contribution is 2.22. The van der Waals surface area contributed by atoms with Crippen molar-refractivity contribution in [2.45, 2.75) is 25.8 Å². The molecule has 2 heterocycles. The van der Waals surface area contributed by atoms with Gasteiger partial charge in [-0.1, -0.05) is 24.3 Å². The largest absolute Gasteiger partial charge is 0.420 e. The van der Waals surface area contributed by atoms with E-state index in [9.17, 15) is 14.4 Å². The number of para-hydroxylation sites is 2. The second kappa shape index (κ2) is 7.95. The van der Waals surface area contributed by atoms with Crippen molar-refractivity contribution < 1.29 is 14.0 Å². The van der Waals surface area contributed by atoms with Crippen LogP contribution in [0.3, 0.4) is 0 Å². The lowest BCUT2D eigenvalue weighted by molar-refractivity contribution is -0.133. The molecule has 0 atom stereocenters. The summed E-state index contributed by atoms with van der Waals surface area (Å²) in [6.45, 7) is 1.34. The van der Waals surface area contributed by atoms with Gasteiger partial charge in [0, 0.05) is 18.7 Å². The fourth-order valence-corrected chi connectivity index (χ4v) is 3.92. The van der Waals surface area contributed by atoms with Gasteiger partial charge in [0.25, 0.3) is 0 Å². The van der Waals surface area contributed by atoms with Crippen LogP contribution in [-0.4, -0.2) is 34.4 Å². The van der Waals surface area contributed by atoms with Crippen molar-refractivity contribution in [1.82, 2.24) is 9.47 Å². The summed E-state index contributed by atoms with van der Waals surface area (Å²) < 4.78 is 6.59. The van der Waals surface area contributed by atoms with E-state index in [0.29, 0.717) is 35.7 Å². The van der Waals surface area contributed by atoms with Crippen LogP contribution in [0.1, 0.15) is 28.8 Å². The minimum Gasteiger partial charge on any atom is -0.408 e. The first-order valence-corrected chi connectivity index (χ1v) is 9.76. The number of hydrogen-bond acceptors (Lipinski definition) is 4. The van der Waals surface area contributed by atoms with Gasteiger partial charge in [-0.3, -0.25) is 14.2 Å². The number of nitrogens with two attached hydrogens (primary N) is 1. The molecule has 0 radical (unpaired) electrons. The number of carbonyl (C=O) groups is 2. The number of primary amides is 1. The van der Waals surface area contributed by atoms with Crippen molar-refractivity contribution in [2.24, 2.45) is 11.7 Å². The van der Waals surface area contributed by atoms with Crippen molar-refractivity contribution in [1.29, 1.82) is 0 Å². The summed E-state index contributed by atoms with van der Waals surface area (Å²) >= 11 is 0. The van der Waals surface area contributed by atoms with Gasteiger partial charge in [-0.25, -0.2) is 4.79 Å². The lowest BCUT2D eigenvalue weighted by Crippen LogP contribution is -2.41. The van der Waals surface area contributed by atoms with Crippen molar-refractivity contribution >= 4 is 22.9 Å². The van der Waals surface area contributed by atoms with Gasteiger partial charge in [0.1, 0.15) is 6.54 Å². The number of likely N-dealkylation sites (tertiary alicyclic amines) is 1. The van der Waals surface area contributed by atoms with E-state index in [0.717, 1.165) is 24.8 Å². The maximum atomic E-state index is 12.7. The molecular formula is C22H23N3O4. The molecule has 1 aliphatic heterocycles. The van der Waals surface area contributed by atoms with E-state index in [-0.39, 0.29) is 12.5 Å². The van der Waals surface area contributed by atoms with Crippen LogP contribution in [0.5, 0.6) is 0 Å². The number of aromatic nitrogens is 1. The molecule has 29 heavy (non-hydrogen) atoms. The van der Waals surface area contributed by atoms with Gasteiger partial charge in [0.2, 0.25) is 11.8 Å². The van der Waals surface area contributed by atoms with E-state index in [1.165, 1.54) is 4.57 Å². The molecule has 4 rings (SSSR count). The van der Waals surface area contributed by atoms with Gasteiger partial charge >= 0.3 is 5.76 Å². The Hall–Kier alpha value is -3.35. The average Bonchev–Trinajstić information content (AvgIpc) is 3.04. The average molecular weight is 393 g/mol. The first kappa shape index (κ1) is 19.0. The van der Waals surface area contributed by atoms with Crippen LogP contribution < -0.4 is 11.5 Å². The minimum absolute atomic E-state index is 0.00487. The van der Waals surface area contributed by atoms with Crippen molar-refractivity contribution in [3.8, 4) is 0 Å². The van der Waals surface area contributed by atoms with Crippen LogP contribution >= 0.6 is 0 Å². The van der Waals surface area contributed by atoms with Crippen LogP contribution in [0, 0.1) is 5.92 Å². The number of carbonyl (C=O) groups excluding carboxylic acids is 2. The zero-order valence-electron chi connectivity index (χ0n) is 16.0. The van der Waals surface area contributed by atoms with Gasteiger partial charge in [-0.05, 0) is 55.0 Å². The Bertz CT molecular complexity index is 1090. The Morgan fingerprint density at radius 3 is 2.41 bits per heavy atom. The van der Waals surface area contributed by atoms with Gasteiger partial charge in [0.05, 0.1) is 5.52 Å². The van der Waals surface area contributed by atoms with E-state index in [1.807, 2.05) is 23.1 Å². The predicted molar refractivity (Wildman–Crippen MR) is 108 cm³/mol. The smallest absolute Gasteiger partial charge is 0.408 e. The fourth-order valence-electron chi connectivity index (χ4n) is 3.92. The molecule has 7 heteroatoms. The molecule has 150 valence electrons. The second-order valence-corrected chi connectivity index (χ2v) is 7.51. The Morgan fingerprint density at radius 1 is 1.03 bits per heavy atom. The first-order valence-electron chi connectivity index (χ1n) is 9.76. The number of rotatable bonds is 5. The Labute approximate surface area is 167 Å². The lowest BCUT2D eigenvalue weighted by atomic mass is 9.90. The molecule has 0 aliphatic carbocycles. The summed E-state index contributed by atoms with van der Waals surface area (Å²) in [5, 5.41) is 0. The molecule has 1 fully saturated rings. The van der Waals surface area contributed by atoms with Crippen molar-refractivity contribution in [3.05, 3.63) is 70.2 Å². The number of fused-ring (bicyclic) bond motifs is 1. The molecule has 7 nitrogen and oxygen atoms in total. The normalized spacial score (nSPS) is 15.0. The van der Waals surface area contributed by atoms with E-state index < -0.39 is 11.7 Å². The summed E-state index contributed by atoms with van der Waals surface area (Å²) in [5.41, 5.74) is 8.08. The van der Waals surface area contributed by atoms with Gasteiger partial charge in [-0.2, -0.15) is 0 Å². The van der Waals surface area contributed by atoms with Gasteiger partial charge in [0.15, 0.2) is 5.58 Å². The maximum Gasteiger partial charge on any atom is 0.420 e. The van der Waals surface area contributed by atoms with Crippen LogP contribution in [0.2, 0.25) is 0 Å². The van der Waals surface area contributed by atoms with Gasteiger partial charge < -0.3 is 15.1 Å². The number of oxazole rings is 1. The Balaban J connectivity index is 1.34. The molecule has 0 bridgehead atoms. The topological polar surface area (TPSA) is 98.5 Å². The molecule has 3 aromatic rings. The van der Waals surface area contributed by atoms with Crippen molar-refractivity contribution in [3.63, 3.8) is 0 Å².